The Bertz CT molecular complexity index is 681. The van der Waals surface area contributed by atoms with Gasteiger partial charge in [-0.15, -0.1) is 0 Å². The molecule has 0 saturated carbocycles. The summed E-state index contributed by atoms with van der Waals surface area (Å²) in [5, 5.41) is 0. The molecule has 22 heavy (non-hydrogen) atoms. The molecular weight excluding hydrogens is 280 g/mol. The van der Waals surface area contributed by atoms with Crippen LogP contribution in [0, 0.1) is 0 Å². The Morgan fingerprint density at radius 2 is 2.00 bits per heavy atom. The van der Waals surface area contributed by atoms with Gasteiger partial charge < -0.3 is 15.4 Å². The van der Waals surface area contributed by atoms with Crippen LogP contribution >= 0.6 is 0 Å². The summed E-state index contributed by atoms with van der Waals surface area (Å²) in [6, 6.07) is 8.97. The van der Waals surface area contributed by atoms with E-state index in [-0.39, 0.29) is 17.5 Å². The maximum atomic E-state index is 12.0. The first kappa shape index (κ1) is 15.5. The summed E-state index contributed by atoms with van der Waals surface area (Å²) in [5.41, 5.74) is 7.38. The molecule has 0 saturated heterocycles. The van der Waals surface area contributed by atoms with Crippen molar-refractivity contribution < 1.29 is 9.53 Å². The fourth-order valence-corrected chi connectivity index (χ4v) is 1.83. The second-order valence-corrected chi connectivity index (χ2v) is 4.82. The Hall–Kier alpha value is -2.89. The molecule has 0 unspecified atom stereocenters. The Kier molecular flexibility index (Phi) is 4.73. The lowest BCUT2D eigenvalue weighted by Crippen LogP contribution is -2.23. The molecule has 0 aliphatic heterocycles. The van der Waals surface area contributed by atoms with E-state index in [2.05, 4.69) is 16.5 Å². The molecule has 0 fully saturated rings. The molecule has 0 aliphatic rings. The van der Waals surface area contributed by atoms with Crippen LogP contribution in [0.15, 0.2) is 43.0 Å². The number of benzene rings is 1. The van der Waals surface area contributed by atoms with Crippen molar-refractivity contribution in [2.45, 2.75) is 0 Å². The first-order valence-corrected chi connectivity index (χ1v) is 6.71. The maximum absolute atomic E-state index is 12.0. The summed E-state index contributed by atoms with van der Waals surface area (Å²) in [6.45, 7) is 4.04. The molecule has 1 aromatic carbocycles. The Morgan fingerprint density at radius 1 is 1.32 bits per heavy atom. The van der Waals surface area contributed by atoms with E-state index in [0.29, 0.717) is 12.3 Å². The van der Waals surface area contributed by atoms with Gasteiger partial charge in [0.05, 0.1) is 5.69 Å². The lowest BCUT2D eigenvalue weighted by molar-refractivity contribution is 0.0822. The summed E-state index contributed by atoms with van der Waals surface area (Å²) in [6.07, 6.45) is 1.68. The number of anilines is 1. The van der Waals surface area contributed by atoms with Crippen LogP contribution in [0.25, 0.3) is 11.3 Å². The number of ether oxygens (including phenoxy) is 1. The molecular formula is C16H18N4O2. The fraction of sp³-hybridized carbons (Fsp3) is 0.188. The number of hydrogen-bond donors (Lipinski definition) is 1. The summed E-state index contributed by atoms with van der Waals surface area (Å²) in [4.78, 5) is 21.6. The highest BCUT2D eigenvalue weighted by Crippen LogP contribution is 2.22. The first-order chi connectivity index (χ1) is 10.5. The fourth-order valence-electron chi connectivity index (χ4n) is 1.83. The molecule has 2 aromatic rings. The number of amides is 1. The van der Waals surface area contributed by atoms with Crippen molar-refractivity contribution in [3.63, 3.8) is 0 Å². The average molecular weight is 298 g/mol. The topological polar surface area (TPSA) is 81.3 Å². The highest BCUT2D eigenvalue weighted by atomic mass is 16.5. The lowest BCUT2D eigenvalue weighted by atomic mass is 10.1. The van der Waals surface area contributed by atoms with Crippen molar-refractivity contribution in [1.82, 2.24) is 14.9 Å². The van der Waals surface area contributed by atoms with Gasteiger partial charge >= 0.3 is 0 Å². The number of rotatable bonds is 5. The third-order valence-electron chi connectivity index (χ3n) is 2.89. The second kappa shape index (κ2) is 6.71. The van der Waals surface area contributed by atoms with E-state index in [0.717, 1.165) is 11.3 Å². The summed E-state index contributed by atoms with van der Waals surface area (Å²) in [7, 11) is 3.32. The Balaban J connectivity index is 2.32. The number of carbonyl (C=O) groups excluding carboxylic acids is 1. The van der Waals surface area contributed by atoms with E-state index < -0.39 is 0 Å². The van der Waals surface area contributed by atoms with Gasteiger partial charge in [-0.2, -0.15) is 0 Å². The van der Waals surface area contributed by atoms with Gasteiger partial charge in [0.15, 0.2) is 0 Å². The predicted molar refractivity (Wildman–Crippen MR) is 85.6 cm³/mol. The van der Waals surface area contributed by atoms with Gasteiger partial charge in [0, 0.05) is 19.7 Å². The van der Waals surface area contributed by atoms with Crippen molar-refractivity contribution in [3.8, 4) is 17.0 Å². The SMILES string of the molecule is C=CCOc1ccc(-c2cc(C(=O)N(C)C)nc(N)n2)cc1. The number of nitrogens with zero attached hydrogens (tertiary/aromatic N) is 3. The van der Waals surface area contributed by atoms with Crippen LogP contribution in [0.4, 0.5) is 5.95 Å². The molecule has 0 aliphatic carbocycles. The molecule has 6 heteroatoms. The summed E-state index contributed by atoms with van der Waals surface area (Å²) < 4.78 is 5.43. The van der Waals surface area contributed by atoms with Gasteiger partial charge in [0.25, 0.3) is 5.91 Å². The zero-order valence-electron chi connectivity index (χ0n) is 12.6. The number of nitrogen functional groups attached to an aromatic ring is 1. The highest BCUT2D eigenvalue weighted by Gasteiger charge is 2.13. The minimum absolute atomic E-state index is 0.0645. The molecule has 2 rings (SSSR count). The Labute approximate surface area is 129 Å². The lowest BCUT2D eigenvalue weighted by Gasteiger charge is -2.11. The van der Waals surface area contributed by atoms with E-state index in [1.54, 1.807) is 26.2 Å². The number of nitrogens with two attached hydrogens (primary N) is 1. The molecule has 1 heterocycles. The van der Waals surface area contributed by atoms with Crippen LogP contribution in [-0.4, -0.2) is 41.5 Å². The molecule has 1 amide bonds. The van der Waals surface area contributed by atoms with E-state index in [4.69, 9.17) is 10.5 Å². The van der Waals surface area contributed by atoms with Crippen molar-refractivity contribution in [2.24, 2.45) is 0 Å². The van der Waals surface area contributed by atoms with Gasteiger partial charge in [-0.1, -0.05) is 12.7 Å². The maximum Gasteiger partial charge on any atom is 0.272 e. The monoisotopic (exact) mass is 298 g/mol. The standard InChI is InChI=1S/C16H18N4O2/c1-4-9-22-12-7-5-11(6-8-12)13-10-14(15(21)20(2)3)19-16(17)18-13/h4-8,10H,1,9H2,2-3H3,(H2,17,18,19). The zero-order chi connectivity index (χ0) is 16.1. The molecule has 0 spiro atoms. The van der Waals surface area contributed by atoms with Gasteiger partial charge in [0.1, 0.15) is 18.1 Å². The van der Waals surface area contributed by atoms with Crippen molar-refractivity contribution in [2.75, 3.05) is 26.4 Å². The van der Waals surface area contributed by atoms with Gasteiger partial charge in [0.2, 0.25) is 5.95 Å². The van der Waals surface area contributed by atoms with Gasteiger partial charge in [-0.3, -0.25) is 4.79 Å². The second-order valence-electron chi connectivity index (χ2n) is 4.82. The van der Waals surface area contributed by atoms with Crippen LogP contribution in [0.2, 0.25) is 0 Å². The molecule has 2 N–H and O–H groups in total. The van der Waals surface area contributed by atoms with Crippen molar-refractivity contribution in [1.29, 1.82) is 0 Å². The molecule has 0 atom stereocenters. The largest absolute Gasteiger partial charge is 0.490 e. The highest BCUT2D eigenvalue weighted by molar-refractivity contribution is 5.93. The smallest absolute Gasteiger partial charge is 0.272 e. The van der Waals surface area contributed by atoms with E-state index >= 15 is 0 Å². The molecule has 1 aromatic heterocycles. The van der Waals surface area contributed by atoms with E-state index in [1.807, 2.05) is 24.3 Å². The zero-order valence-corrected chi connectivity index (χ0v) is 12.6. The first-order valence-electron chi connectivity index (χ1n) is 6.71. The number of carbonyl (C=O) groups is 1. The quantitative estimate of drug-likeness (QED) is 0.854. The van der Waals surface area contributed by atoms with Crippen molar-refractivity contribution >= 4 is 11.9 Å². The van der Waals surface area contributed by atoms with Crippen LogP contribution in [0.1, 0.15) is 10.5 Å². The van der Waals surface area contributed by atoms with Crippen molar-refractivity contribution in [3.05, 3.63) is 48.7 Å². The van der Waals surface area contributed by atoms with E-state index in [1.165, 1.54) is 4.90 Å². The third kappa shape index (κ3) is 3.60. The van der Waals surface area contributed by atoms with Gasteiger partial charge in [-0.25, -0.2) is 9.97 Å². The van der Waals surface area contributed by atoms with Crippen LogP contribution in [-0.2, 0) is 0 Å². The molecule has 6 nitrogen and oxygen atoms in total. The van der Waals surface area contributed by atoms with Crippen LogP contribution in [0.5, 0.6) is 5.75 Å². The van der Waals surface area contributed by atoms with Crippen LogP contribution in [0.3, 0.4) is 0 Å². The molecule has 0 bridgehead atoms. The number of aromatic nitrogens is 2. The third-order valence-corrected chi connectivity index (χ3v) is 2.89. The predicted octanol–water partition coefficient (Wildman–Crippen LogP) is 1.99. The molecule has 0 radical (unpaired) electrons. The Morgan fingerprint density at radius 3 is 2.59 bits per heavy atom. The normalized spacial score (nSPS) is 10.1. The van der Waals surface area contributed by atoms with Gasteiger partial charge in [-0.05, 0) is 30.3 Å². The minimum Gasteiger partial charge on any atom is -0.490 e. The minimum atomic E-state index is -0.221. The summed E-state index contributed by atoms with van der Waals surface area (Å²) in [5.74, 6) is 0.575. The van der Waals surface area contributed by atoms with E-state index in [9.17, 15) is 4.79 Å². The summed E-state index contributed by atoms with van der Waals surface area (Å²) >= 11 is 0. The average Bonchev–Trinajstić information content (AvgIpc) is 2.52. The molecule has 114 valence electrons. The number of hydrogen-bond acceptors (Lipinski definition) is 5. The van der Waals surface area contributed by atoms with Crippen LogP contribution < -0.4 is 10.5 Å².